The molecule has 1 aromatic heterocycles. The van der Waals surface area contributed by atoms with Crippen molar-refractivity contribution in [2.45, 2.75) is 25.2 Å². The van der Waals surface area contributed by atoms with E-state index in [2.05, 4.69) is 15.0 Å². The van der Waals surface area contributed by atoms with Crippen LogP contribution in [0.15, 0.2) is 0 Å². The number of hydrogen-bond donors (Lipinski definition) is 0. The summed E-state index contributed by atoms with van der Waals surface area (Å²) in [5.74, 6) is 1.22. The molecule has 0 saturated heterocycles. The van der Waals surface area contributed by atoms with Crippen molar-refractivity contribution < 1.29 is 4.74 Å². The quantitative estimate of drug-likeness (QED) is 0.729. The molecule has 1 aliphatic rings. The van der Waals surface area contributed by atoms with Crippen LogP contribution < -0.4 is 4.74 Å². The van der Waals surface area contributed by atoms with Crippen LogP contribution in [0.5, 0.6) is 6.01 Å². The molecule has 2 rings (SSSR count). The maximum absolute atomic E-state index is 5.71. The Hall–Kier alpha value is -0.900. The van der Waals surface area contributed by atoms with E-state index in [4.69, 9.17) is 16.3 Å². The third-order valence-corrected chi connectivity index (χ3v) is 2.43. The average molecular weight is 200 g/mol. The summed E-state index contributed by atoms with van der Waals surface area (Å²) >= 11 is 5.71. The van der Waals surface area contributed by atoms with Crippen molar-refractivity contribution in [3.63, 3.8) is 0 Å². The lowest BCUT2D eigenvalue weighted by Crippen LogP contribution is -2.13. The Morgan fingerprint density at radius 1 is 1.31 bits per heavy atom. The van der Waals surface area contributed by atoms with Gasteiger partial charge in [-0.2, -0.15) is 9.97 Å². The van der Waals surface area contributed by atoms with Gasteiger partial charge in [0.25, 0.3) is 0 Å². The van der Waals surface area contributed by atoms with Crippen molar-refractivity contribution >= 4 is 11.6 Å². The molecule has 1 aliphatic carbocycles. The molecule has 5 heteroatoms. The van der Waals surface area contributed by atoms with Crippen LogP contribution >= 0.6 is 11.6 Å². The minimum Gasteiger partial charge on any atom is -0.467 e. The average Bonchev–Trinajstić information content (AvgIpc) is 2.00. The first-order valence-electron chi connectivity index (χ1n) is 4.25. The molecule has 0 aliphatic heterocycles. The van der Waals surface area contributed by atoms with Gasteiger partial charge in [-0.05, 0) is 24.4 Å². The minimum absolute atomic E-state index is 0.216. The summed E-state index contributed by atoms with van der Waals surface area (Å²) < 4.78 is 4.91. The van der Waals surface area contributed by atoms with Gasteiger partial charge < -0.3 is 4.74 Å². The van der Waals surface area contributed by atoms with Crippen molar-refractivity contribution in [3.05, 3.63) is 11.1 Å². The van der Waals surface area contributed by atoms with E-state index in [1.54, 1.807) is 0 Å². The SMILES string of the molecule is COc1nc(Cl)nc(C2CCC2)n1. The highest BCUT2D eigenvalue weighted by molar-refractivity contribution is 6.28. The Morgan fingerprint density at radius 3 is 2.62 bits per heavy atom. The van der Waals surface area contributed by atoms with Crippen LogP contribution in [0.4, 0.5) is 0 Å². The molecule has 0 radical (unpaired) electrons. The summed E-state index contributed by atoms with van der Waals surface area (Å²) in [4.78, 5) is 12.0. The summed E-state index contributed by atoms with van der Waals surface area (Å²) in [6.07, 6.45) is 3.53. The smallest absolute Gasteiger partial charge is 0.320 e. The molecule has 4 nitrogen and oxygen atoms in total. The molecule has 1 heterocycles. The van der Waals surface area contributed by atoms with Crippen LogP contribution in [-0.4, -0.2) is 22.1 Å². The number of ether oxygens (including phenoxy) is 1. The number of hydrogen-bond acceptors (Lipinski definition) is 4. The molecule has 0 unspecified atom stereocenters. The molecule has 0 N–H and O–H groups in total. The molecular formula is C8H10ClN3O. The Balaban J connectivity index is 2.28. The molecule has 70 valence electrons. The van der Waals surface area contributed by atoms with Gasteiger partial charge >= 0.3 is 6.01 Å². The molecule has 0 atom stereocenters. The lowest BCUT2D eigenvalue weighted by molar-refractivity contribution is 0.357. The summed E-state index contributed by atoms with van der Waals surface area (Å²) in [7, 11) is 1.52. The molecule has 1 fully saturated rings. The van der Waals surface area contributed by atoms with Crippen LogP contribution in [0.3, 0.4) is 0 Å². The fraction of sp³-hybridized carbons (Fsp3) is 0.625. The maximum atomic E-state index is 5.71. The number of nitrogens with zero attached hydrogens (tertiary/aromatic N) is 3. The van der Waals surface area contributed by atoms with E-state index in [0.29, 0.717) is 11.9 Å². The second-order valence-electron chi connectivity index (χ2n) is 3.08. The highest BCUT2D eigenvalue weighted by Gasteiger charge is 2.23. The highest BCUT2D eigenvalue weighted by Crippen LogP contribution is 2.34. The zero-order valence-corrected chi connectivity index (χ0v) is 8.08. The van der Waals surface area contributed by atoms with E-state index < -0.39 is 0 Å². The summed E-state index contributed by atoms with van der Waals surface area (Å²) in [5.41, 5.74) is 0. The largest absolute Gasteiger partial charge is 0.467 e. The van der Waals surface area contributed by atoms with Crippen LogP contribution in [0.25, 0.3) is 0 Å². The summed E-state index contributed by atoms with van der Waals surface area (Å²) in [6, 6.07) is 0.307. The molecular weight excluding hydrogens is 190 g/mol. The van der Waals surface area contributed by atoms with Gasteiger partial charge in [0.1, 0.15) is 5.82 Å². The molecule has 0 bridgehead atoms. The first kappa shape index (κ1) is 8.69. The third-order valence-electron chi connectivity index (χ3n) is 2.26. The fourth-order valence-electron chi connectivity index (χ4n) is 1.29. The van der Waals surface area contributed by atoms with Gasteiger partial charge in [0, 0.05) is 5.92 Å². The summed E-state index contributed by atoms with van der Waals surface area (Å²) in [5, 5.41) is 0.216. The molecule has 1 aromatic rings. The van der Waals surface area contributed by atoms with Crippen molar-refractivity contribution in [2.24, 2.45) is 0 Å². The Bertz CT molecular complexity index is 314. The van der Waals surface area contributed by atoms with Crippen LogP contribution in [0.2, 0.25) is 5.28 Å². The molecule has 0 spiro atoms. The van der Waals surface area contributed by atoms with Crippen LogP contribution in [-0.2, 0) is 0 Å². The second kappa shape index (κ2) is 3.46. The van der Waals surface area contributed by atoms with Crippen molar-refractivity contribution in [3.8, 4) is 6.01 Å². The van der Waals surface area contributed by atoms with Gasteiger partial charge in [0.15, 0.2) is 0 Å². The van der Waals surface area contributed by atoms with E-state index in [9.17, 15) is 0 Å². The zero-order valence-electron chi connectivity index (χ0n) is 7.33. The van der Waals surface area contributed by atoms with E-state index in [1.807, 2.05) is 0 Å². The number of aromatic nitrogens is 3. The maximum Gasteiger partial charge on any atom is 0.320 e. The van der Waals surface area contributed by atoms with Gasteiger partial charge in [0.2, 0.25) is 5.28 Å². The Labute approximate surface area is 81.3 Å². The van der Waals surface area contributed by atoms with E-state index in [-0.39, 0.29) is 5.28 Å². The zero-order chi connectivity index (χ0) is 9.26. The molecule has 1 saturated carbocycles. The van der Waals surface area contributed by atoms with Gasteiger partial charge in [-0.3, -0.25) is 0 Å². The highest BCUT2D eigenvalue weighted by atomic mass is 35.5. The predicted octanol–water partition coefficient (Wildman–Crippen LogP) is 1.80. The summed E-state index contributed by atoms with van der Waals surface area (Å²) in [6.45, 7) is 0. The fourth-order valence-corrected chi connectivity index (χ4v) is 1.45. The van der Waals surface area contributed by atoms with Gasteiger partial charge in [-0.25, -0.2) is 4.98 Å². The van der Waals surface area contributed by atoms with Crippen molar-refractivity contribution in [2.75, 3.05) is 7.11 Å². The van der Waals surface area contributed by atoms with E-state index in [1.165, 1.54) is 13.5 Å². The Kier molecular flexibility index (Phi) is 2.31. The van der Waals surface area contributed by atoms with Crippen molar-refractivity contribution in [1.29, 1.82) is 0 Å². The lowest BCUT2D eigenvalue weighted by Gasteiger charge is -2.23. The molecule has 0 amide bonds. The van der Waals surface area contributed by atoms with Crippen molar-refractivity contribution in [1.82, 2.24) is 15.0 Å². The number of methoxy groups -OCH3 is 1. The van der Waals surface area contributed by atoms with Gasteiger partial charge in [0.05, 0.1) is 7.11 Å². The third kappa shape index (κ3) is 1.72. The monoisotopic (exact) mass is 199 g/mol. The second-order valence-corrected chi connectivity index (χ2v) is 3.42. The van der Waals surface area contributed by atoms with Crippen LogP contribution in [0.1, 0.15) is 31.0 Å². The lowest BCUT2D eigenvalue weighted by atomic mass is 9.85. The molecule has 13 heavy (non-hydrogen) atoms. The molecule has 0 aromatic carbocycles. The van der Waals surface area contributed by atoms with Crippen LogP contribution in [0, 0.1) is 0 Å². The predicted molar refractivity (Wildman–Crippen MR) is 48.0 cm³/mol. The number of rotatable bonds is 2. The normalized spacial score (nSPS) is 16.8. The van der Waals surface area contributed by atoms with Gasteiger partial charge in [-0.15, -0.1) is 0 Å². The van der Waals surface area contributed by atoms with Gasteiger partial charge in [-0.1, -0.05) is 6.42 Å². The Morgan fingerprint density at radius 2 is 2.08 bits per heavy atom. The van der Waals surface area contributed by atoms with E-state index >= 15 is 0 Å². The van der Waals surface area contributed by atoms with E-state index in [0.717, 1.165) is 18.7 Å². The first-order valence-corrected chi connectivity index (χ1v) is 4.63. The topological polar surface area (TPSA) is 47.9 Å². The standard InChI is InChI=1S/C8H10ClN3O/c1-13-8-11-6(5-3-2-4-5)10-7(9)12-8/h5H,2-4H2,1H3. The minimum atomic E-state index is 0.216. The number of halogens is 1. The first-order chi connectivity index (χ1) is 6.29.